The number of fused-ring (bicyclic) bond motifs is 3. The van der Waals surface area contributed by atoms with Crippen molar-refractivity contribution in [2.24, 2.45) is 0 Å². The van der Waals surface area contributed by atoms with Crippen molar-refractivity contribution < 1.29 is 4.79 Å². The first-order chi connectivity index (χ1) is 12.5. The summed E-state index contributed by atoms with van der Waals surface area (Å²) in [6, 6.07) is 10.7. The number of hydrogen-bond acceptors (Lipinski definition) is 2. The first-order valence-electron chi connectivity index (χ1n) is 7.85. The molecule has 1 aliphatic rings. The first kappa shape index (κ1) is 17.2. The number of imidazole rings is 1. The van der Waals surface area contributed by atoms with Crippen molar-refractivity contribution in [2.75, 3.05) is 11.9 Å². The van der Waals surface area contributed by atoms with Gasteiger partial charge in [0.1, 0.15) is 0 Å². The molecule has 2 N–H and O–H groups in total. The van der Waals surface area contributed by atoms with Crippen LogP contribution in [-0.2, 0) is 0 Å². The van der Waals surface area contributed by atoms with Crippen LogP contribution in [0.25, 0.3) is 11.3 Å². The maximum absolute atomic E-state index is 12.3. The van der Waals surface area contributed by atoms with Gasteiger partial charge in [-0.2, -0.15) is 0 Å². The molecule has 2 aromatic carbocycles. The van der Waals surface area contributed by atoms with Crippen molar-refractivity contribution >= 4 is 46.5 Å². The van der Waals surface area contributed by atoms with E-state index in [4.69, 9.17) is 34.8 Å². The van der Waals surface area contributed by atoms with Gasteiger partial charge in [-0.3, -0.25) is 0 Å². The van der Waals surface area contributed by atoms with Gasteiger partial charge in [0.2, 0.25) is 0 Å². The summed E-state index contributed by atoms with van der Waals surface area (Å²) in [5, 5.41) is 6.50. The summed E-state index contributed by atoms with van der Waals surface area (Å²) in [5.41, 5.74) is 3.63. The quantitative estimate of drug-likeness (QED) is 0.624. The molecule has 4 rings (SSSR count). The Morgan fingerprint density at radius 3 is 2.65 bits per heavy atom. The van der Waals surface area contributed by atoms with E-state index in [1.54, 1.807) is 6.33 Å². The highest BCUT2D eigenvalue weighted by atomic mass is 35.5. The minimum absolute atomic E-state index is 0.0226. The van der Waals surface area contributed by atoms with Crippen LogP contribution in [0, 0.1) is 0 Å². The smallest absolute Gasteiger partial charge is 0.319 e. The number of nitrogens with one attached hydrogen (secondary N) is 2. The van der Waals surface area contributed by atoms with Crippen LogP contribution in [-0.4, -0.2) is 22.1 Å². The summed E-state index contributed by atoms with van der Waals surface area (Å²) in [7, 11) is 0. The molecule has 1 atom stereocenters. The van der Waals surface area contributed by atoms with Crippen LogP contribution >= 0.6 is 34.8 Å². The van der Waals surface area contributed by atoms with E-state index in [0.717, 1.165) is 16.8 Å². The van der Waals surface area contributed by atoms with Gasteiger partial charge in [0.15, 0.2) is 0 Å². The molecule has 1 aromatic heterocycles. The molecule has 0 saturated heterocycles. The Balaban J connectivity index is 1.49. The van der Waals surface area contributed by atoms with Crippen molar-refractivity contribution in [2.45, 2.75) is 6.04 Å². The van der Waals surface area contributed by atoms with E-state index in [9.17, 15) is 4.79 Å². The standard InChI is InChI=1S/C18H13Cl3N4O/c19-10-5-13(20)17(14(21)6-10)24-18(26)23-8-16-12-4-2-1-3-11(12)15-7-22-9-25(15)16/h1-7,9,16H,8H2,(H2,23,24,26). The lowest BCUT2D eigenvalue weighted by atomic mass is 10.0. The average molecular weight is 408 g/mol. The Labute approximate surface area is 164 Å². The van der Waals surface area contributed by atoms with E-state index in [-0.39, 0.29) is 16.1 Å². The minimum Gasteiger partial charge on any atom is -0.335 e. The van der Waals surface area contributed by atoms with Crippen LogP contribution in [0.15, 0.2) is 48.9 Å². The lowest BCUT2D eigenvalue weighted by Gasteiger charge is -2.17. The highest BCUT2D eigenvalue weighted by Gasteiger charge is 2.28. The third-order valence-corrected chi connectivity index (χ3v) is 5.11. The predicted octanol–water partition coefficient (Wildman–Crippen LogP) is 5.23. The Morgan fingerprint density at radius 2 is 1.88 bits per heavy atom. The van der Waals surface area contributed by atoms with Crippen LogP contribution in [0.3, 0.4) is 0 Å². The number of carbonyl (C=O) groups is 1. The monoisotopic (exact) mass is 406 g/mol. The molecule has 8 heteroatoms. The largest absolute Gasteiger partial charge is 0.335 e. The molecule has 5 nitrogen and oxygen atoms in total. The first-order valence-corrected chi connectivity index (χ1v) is 8.98. The van der Waals surface area contributed by atoms with Gasteiger partial charge >= 0.3 is 6.03 Å². The topological polar surface area (TPSA) is 59.0 Å². The number of amides is 2. The SMILES string of the molecule is O=C(NCC1c2ccccc2-c2cncn21)Nc1c(Cl)cc(Cl)cc1Cl. The summed E-state index contributed by atoms with van der Waals surface area (Å²) >= 11 is 18.1. The van der Waals surface area contributed by atoms with Crippen molar-refractivity contribution in [3.8, 4) is 11.3 Å². The number of anilines is 1. The molecule has 3 aromatic rings. The van der Waals surface area contributed by atoms with E-state index in [1.807, 2.05) is 22.9 Å². The molecule has 0 bridgehead atoms. The van der Waals surface area contributed by atoms with Gasteiger partial charge in [-0.05, 0) is 17.7 Å². The molecule has 0 aliphatic carbocycles. The number of nitrogens with zero attached hydrogens (tertiary/aromatic N) is 2. The molecular weight excluding hydrogens is 395 g/mol. The van der Waals surface area contributed by atoms with Gasteiger partial charge in [0.05, 0.1) is 40.0 Å². The maximum Gasteiger partial charge on any atom is 0.319 e. The molecule has 0 fully saturated rings. The highest BCUT2D eigenvalue weighted by Crippen LogP contribution is 2.38. The van der Waals surface area contributed by atoms with Crippen molar-refractivity contribution in [3.05, 3.63) is 69.6 Å². The van der Waals surface area contributed by atoms with E-state index in [1.165, 1.54) is 12.1 Å². The van der Waals surface area contributed by atoms with E-state index >= 15 is 0 Å². The maximum atomic E-state index is 12.3. The molecule has 1 unspecified atom stereocenters. The van der Waals surface area contributed by atoms with Crippen molar-refractivity contribution in [1.29, 1.82) is 0 Å². The van der Waals surface area contributed by atoms with Gasteiger partial charge in [0, 0.05) is 17.1 Å². The van der Waals surface area contributed by atoms with Gasteiger partial charge in [0.25, 0.3) is 0 Å². The van der Waals surface area contributed by atoms with E-state index < -0.39 is 6.03 Å². The number of halogens is 3. The second kappa shape index (κ2) is 6.83. The lowest BCUT2D eigenvalue weighted by Crippen LogP contribution is -2.33. The number of urea groups is 1. The second-order valence-electron chi connectivity index (χ2n) is 5.87. The molecule has 0 radical (unpaired) electrons. The summed E-state index contributed by atoms with van der Waals surface area (Å²) in [6.07, 6.45) is 3.60. The second-order valence-corrected chi connectivity index (χ2v) is 7.12. The lowest BCUT2D eigenvalue weighted by molar-refractivity contribution is 0.251. The molecule has 2 heterocycles. The number of aromatic nitrogens is 2. The molecule has 1 aliphatic heterocycles. The highest BCUT2D eigenvalue weighted by molar-refractivity contribution is 6.42. The normalized spacial score (nSPS) is 14.7. The Bertz CT molecular complexity index is 979. The zero-order valence-corrected chi connectivity index (χ0v) is 15.6. The molecule has 26 heavy (non-hydrogen) atoms. The third kappa shape index (κ3) is 3.03. The van der Waals surface area contributed by atoms with Crippen molar-refractivity contribution in [3.63, 3.8) is 0 Å². The molecule has 0 spiro atoms. The Hall–Kier alpha value is -2.21. The molecule has 0 saturated carbocycles. The summed E-state index contributed by atoms with van der Waals surface area (Å²) in [6.45, 7) is 0.398. The average Bonchev–Trinajstić information content (AvgIpc) is 3.17. The Morgan fingerprint density at radius 1 is 1.15 bits per heavy atom. The molecule has 2 amide bonds. The Kier molecular flexibility index (Phi) is 4.53. The van der Waals surface area contributed by atoms with E-state index in [2.05, 4.69) is 27.8 Å². The van der Waals surface area contributed by atoms with Crippen LogP contribution in [0.4, 0.5) is 10.5 Å². The van der Waals surface area contributed by atoms with Gasteiger partial charge in [-0.25, -0.2) is 9.78 Å². The fraction of sp³-hybridized carbons (Fsp3) is 0.111. The van der Waals surface area contributed by atoms with Crippen LogP contribution < -0.4 is 10.6 Å². The number of hydrogen-bond donors (Lipinski definition) is 2. The summed E-state index contributed by atoms with van der Waals surface area (Å²) in [4.78, 5) is 16.5. The van der Waals surface area contributed by atoms with Gasteiger partial charge in [-0.1, -0.05) is 59.1 Å². The number of carbonyl (C=O) groups excluding carboxylic acids is 1. The van der Waals surface area contributed by atoms with Crippen LogP contribution in [0.2, 0.25) is 15.1 Å². The summed E-state index contributed by atoms with van der Waals surface area (Å²) < 4.78 is 2.05. The zero-order chi connectivity index (χ0) is 18.3. The van der Waals surface area contributed by atoms with Crippen LogP contribution in [0.1, 0.15) is 11.6 Å². The minimum atomic E-state index is -0.401. The number of benzene rings is 2. The van der Waals surface area contributed by atoms with Gasteiger partial charge in [-0.15, -0.1) is 0 Å². The third-order valence-electron chi connectivity index (χ3n) is 4.30. The fourth-order valence-corrected chi connectivity index (χ4v) is 4.06. The van der Waals surface area contributed by atoms with Crippen LogP contribution in [0.5, 0.6) is 0 Å². The van der Waals surface area contributed by atoms with Crippen molar-refractivity contribution in [1.82, 2.24) is 14.9 Å². The molecular formula is C18H13Cl3N4O. The zero-order valence-electron chi connectivity index (χ0n) is 13.3. The summed E-state index contributed by atoms with van der Waals surface area (Å²) in [5.74, 6) is 0. The molecule has 132 valence electrons. The fourth-order valence-electron chi connectivity index (χ4n) is 3.15. The predicted molar refractivity (Wildman–Crippen MR) is 104 cm³/mol. The van der Waals surface area contributed by atoms with Gasteiger partial charge < -0.3 is 15.2 Å². The number of rotatable bonds is 3. The van der Waals surface area contributed by atoms with E-state index in [0.29, 0.717) is 17.3 Å².